The highest BCUT2D eigenvalue weighted by molar-refractivity contribution is 5.76. The molecule has 0 fully saturated rings. The van der Waals surface area contributed by atoms with Gasteiger partial charge in [0.05, 0.1) is 11.8 Å². The Balaban J connectivity index is 1.62. The number of fused-ring (bicyclic) bond motifs is 2. The van der Waals surface area contributed by atoms with Crippen molar-refractivity contribution in [1.29, 1.82) is 0 Å². The van der Waals surface area contributed by atoms with Crippen LogP contribution < -0.4 is 10.1 Å². The molecule has 0 radical (unpaired) electrons. The van der Waals surface area contributed by atoms with Crippen molar-refractivity contribution >= 4 is 22.9 Å². The van der Waals surface area contributed by atoms with E-state index in [0.29, 0.717) is 11.8 Å². The van der Waals surface area contributed by atoms with Crippen LogP contribution in [-0.4, -0.2) is 4.98 Å². The van der Waals surface area contributed by atoms with Crippen LogP contribution in [0.4, 0.5) is 5.69 Å². The van der Waals surface area contributed by atoms with Gasteiger partial charge in [0, 0.05) is 0 Å². The van der Waals surface area contributed by atoms with Crippen LogP contribution in [0.5, 0.6) is 5.75 Å². The molecule has 4 rings (SSSR count). The van der Waals surface area contributed by atoms with Crippen molar-refractivity contribution < 1.29 is 9.15 Å². The zero-order valence-electron chi connectivity index (χ0n) is 16.8. The van der Waals surface area contributed by atoms with E-state index in [1.54, 1.807) is 6.08 Å². The molecule has 1 aliphatic heterocycles. The Bertz CT molecular complexity index is 1050. The summed E-state index contributed by atoms with van der Waals surface area (Å²) in [5.74, 6) is 1.97. The molecule has 3 aromatic rings. The summed E-state index contributed by atoms with van der Waals surface area (Å²) in [5.41, 5.74) is 5.28. The van der Waals surface area contributed by atoms with Crippen LogP contribution in [0.25, 0.3) is 17.2 Å². The highest BCUT2D eigenvalue weighted by Gasteiger charge is 2.22. The molecular weight excluding hydrogens is 336 g/mol. The quantitative estimate of drug-likeness (QED) is 0.558. The van der Waals surface area contributed by atoms with Gasteiger partial charge in [0.1, 0.15) is 5.52 Å². The van der Waals surface area contributed by atoms with Crippen LogP contribution in [0.3, 0.4) is 0 Å². The second-order valence-corrected chi connectivity index (χ2v) is 9.18. The van der Waals surface area contributed by atoms with E-state index in [1.165, 1.54) is 11.1 Å². The van der Waals surface area contributed by atoms with E-state index in [2.05, 4.69) is 76.1 Å². The lowest BCUT2D eigenvalue weighted by atomic mass is 9.87. The summed E-state index contributed by atoms with van der Waals surface area (Å²) >= 11 is 0. The van der Waals surface area contributed by atoms with Crippen LogP contribution in [0.1, 0.15) is 58.6 Å². The zero-order valence-corrected chi connectivity index (χ0v) is 16.8. The predicted molar refractivity (Wildman–Crippen MR) is 110 cm³/mol. The Labute approximate surface area is 160 Å². The largest absolute Gasteiger partial charge is 0.439 e. The van der Waals surface area contributed by atoms with Gasteiger partial charge in [0.15, 0.2) is 11.3 Å². The number of oxazole rings is 1. The third kappa shape index (κ3) is 3.44. The van der Waals surface area contributed by atoms with Crippen LogP contribution in [0.15, 0.2) is 46.7 Å². The highest BCUT2D eigenvalue weighted by atomic mass is 16.5. The molecule has 0 saturated heterocycles. The smallest absolute Gasteiger partial charge is 0.225 e. The van der Waals surface area contributed by atoms with E-state index in [0.717, 1.165) is 22.5 Å². The number of rotatable bonds is 1. The maximum atomic E-state index is 5.90. The molecule has 2 heterocycles. The molecule has 1 aliphatic rings. The average molecular weight is 362 g/mol. The standard InChI is InChI=1S/C23H26N2O2/c1-22(2,3)14-7-9-18-16(11-14)24-20(26-18)13-21-25-17-12-15(23(4,5)6)8-10-19(17)27-21/h7-13,24H,1-6H3/b20-13+. The fraction of sp³-hybridized carbons (Fsp3) is 0.348. The Morgan fingerprint density at radius 1 is 0.889 bits per heavy atom. The molecule has 0 saturated carbocycles. The third-order valence-corrected chi connectivity index (χ3v) is 4.85. The summed E-state index contributed by atoms with van der Waals surface area (Å²) in [6.45, 7) is 13.2. The Morgan fingerprint density at radius 3 is 2.26 bits per heavy atom. The molecular formula is C23H26N2O2. The van der Waals surface area contributed by atoms with E-state index in [-0.39, 0.29) is 10.8 Å². The average Bonchev–Trinajstić information content (AvgIpc) is 3.14. The maximum absolute atomic E-state index is 5.90. The van der Waals surface area contributed by atoms with Crippen LogP contribution in [-0.2, 0) is 10.8 Å². The third-order valence-electron chi connectivity index (χ3n) is 4.85. The Hall–Kier alpha value is -2.75. The van der Waals surface area contributed by atoms with Gasteiger partial charge in [-0.05, 0) is 46.2 Å². The normalized spacial score (nSPS) is 15.7. The monoisotopic (exact) mass is 362 g/mol. The summed E-state index contributed by atoms with van der Waals surface area (Å²) in [4.78, 5) is 4.61. The highest BCUT2D eigenvalue weighted by Crippen LogP contribution is 2.37. The van der Waals surface area contributed by atoms with Crippen molar-refractivity contribution in [2.75, 3.05) is 5.32 Å². The van der Waals surface area contributed by atoms with Gasteiger partial charge >= 0.3 is 0 Å². The van der Waals surface area contributed by atoms with Gasteiger partial charge < -0.3 is 14.5 Å². The summed E-state index contributed by atoms with van der Waals surface area (Å²) in [5, 5.41) is 3.31. The lowest BCUT2D eigenvalue weighted by Gasteiger charge is -2.19. The molecule has 0 amide bonds. The summed E-state index contributed by atoms with van der Waals surface area (Å²) in [6, 6.07) is 12.4. The van der Waals surface area contributed by atoms with Crippen LogP contribution in [0.2, 0.25) is 0 Å². The second kappa shape index (κ2) is 5.88. The fourth-order valence-corrected chi connectivity index (χ4v) is 3.11. The topological polar surface area (TPSA) is 47.3 Å². The van der Waals surface area contributed by atoms with Gasteiger partial charge in [0.2, 0.25) is 11.8 Å². The number of hydrogen-bond donors (Lipinski definition) is 1. The summed E-state index contributed by atoms with van der Waals surface area (Å²) in [7, 11) is 0. The van der Waals surface area contributed by atoms with Crippen molar-refractivity contribution in [1.82, 2.24) is 4.98 Å². The zero-order chi connectivity index (χ0) is 19.4. The molecule has 140 valence electrons. The molecule has 0 atom stereocenters. The number of nitrogens with zero attached hydrogens (tertiary/aromatic N) is 1. The molecule has 0 aliphatic carbocycles. The maximum Gasteiger partial charge on any atom is 0.225 e. The number of anilines is 1. The van der Waals surface area contributed by atoms with Crippen molar-refractivity contribution in [3.05, 3.63) is 59.3 Å². The minimum absolute atomic E-state index is 0.0777. The number of ether oxygens (including phenoxy) is 1. The van der Waals surface area contributed by atoms with Gasteiger partial charge in [0.25, 0.3) is 0 Å². The lowest BCUT2D eigenvalue weighted by Crippen LogP contribution is -2.10. The van der Waals surface area contributed by atoms with Gasteiger partial charge in [-0.25, -0.2) is 4.98 Å². The molecule has 4 nitrogen and oxygen atoms in total. The molecule has 1 aromatic heterocycles. The molecule has 27 heavy (non-hydrogen) atoms. The molecule has 4 heteroatoms. The first-order chi connectivity index (χ1) is 12.6. The number of benzene rings is 2. The Morgan fingerprint density at radius 2 is 1.56 bits per heavy atom. The minimum atomic E-state index is 0.0777. The molecule has 2 aromatic carbocycles. The van der Waals surface area contributed by atoms with Gasteiger partial charge in [-0.15, -0.1) is 0 Å². The lowest BCUT2D eigenvalue weighted by molar-refractivity contribution is 0.459. The van der Waals surface area contributed by atoms with E-state index in [4.69, 9.17) is 9.15 Å². The molecule has 1 N–H and O–H groups in total. The number of aromatic nitrogens is 1. The van der Waals surface area contributed by atoms with Gasteiger partial charge in [-0.2, -0.15) is 0 Å². The second-order valence-electron chi connectivity index (χ2n) is 9.18. The van der Waals surface area contributed by atoms with Crippen molar-refractivity contribution in [2.45, 2.75) is 52.4 Å². The van der Waals surface area contributed by atoms with Gasteiger partial charge in [-0.1, -0.05) is 53.7 Å². The van der Waals surface area contributed by atoms with Crippen LogP contribution in [0, 0.1) is 0 Å². The van der Waals surface area contributed by atoms with Crippen molar-refractivity contribution in [3.63, 3.8) is 0 Å². The van der Waals surface area contributed by atoms with Crippen molar-refractivity contribution in [2.24, 2.45) is 0 Å². The SMILES string of the molecule is CC(C)(C)c1ccc2c(c1)N/C(=C\c1nc3cc(C(C)(C)C)ccc3o1)O2. The molecule has 0 bridgehead atoms. The Kier molecular flexibility index (Phi) is 3.84. The first-order valence-electron chi connectivity index (χ1n) is 9.32. The molecule has 0 unspecified atom stereocenters. The first-order valence-corrected chi connectivity index (χ1v) is 9.32. The van der Waals surface area contributed by atoms with E-state index in [1.807, 2.05) is 12.1 Å². The van der Waals surface area contributed by atoms with E-state index < -0.39 is 0 Å². The van der Waals surface area contributed by atoms with E-state index in [9.17, 15) is 0 Å². The molecule has 0 spiro atoms. The summed E-state index contributed by atoms with van der Waals surface area (Å²) < 4.78 is 11.8. The van der Waals surface area contributed by atoms with E-state index >= 15 is 0 Å². The van der Waals surface area contributed by atoms with Crippen molar-refractivity contribution in [3.8, 4) is 5.75 Å². The number of nitrogens with one attached hydrogen (secondary N) is 1. The predicted octanol–water partition coefficient (Wildman–Crippen LogP) is 6.23. The fourth-order valence-electron chi connectivity index (χ4n) is 3.11. The summed E-state index contributed by atoms with van der Waals surface area (Å²) in [6.07, 6.45) is 1.80. The van der Waals surface area contributed by atoms with Gasteiger partial charge in [-0.3, -0.25) is 0 Å². The minimum Gasteiger partial charge on any atom is -0.439 e. The number of hydrogen-bond acceptors (Lipinski definition) is 4. The first kappa shape index (κ1) is 17.7. The van der Waals surface area contributed by atoms with Crippen LogP contribution >= 0.6 is 0 Å².